The van der Waals surface area contributed by atoms with E-state index in [9.17, 15) is 9.59 Å². The molecule has 1 aliphatic carbocycles. The molecule has 1 saturated heterocycles. The molecule has 0 unspecified atom stereocenters. The molecule has 2 amide bonds. The van der Waals surface area contributed by atoms with Gasteiger partial charge in [-0.25, -0.2) is 4.98 Å². The second-order valence-electron chi connectivity index (χ2n) is 7.33. The molecule has 0 bridgehead atoms. The molecule has 1 atom stereocenters. The number of hydrogen-bond acceptors (Lipinski definition) is 5. The van der Waals surface area contributed by atoms with Gasteiger partial charge in [-0.05, 0) is 48.7 Å². The van der Waals surface area contributed by atoms with Crippen LogP contribution >= 0.6 is 11.6 Å². The van der Waals surface area contributed by atoms with E-state index in [1.807, 2.05) is 6.07 Å². The first-order chi connectivity index (χ1) is 13.9. The zero-order valence-corrected chi connectivity index (χ0v) is 16.8. The van der Waals surface area contributed by atoms with Gasteiger partial charge in [0.2, 0.25) is 5.91 Å². The number of carbonyl (C=O) groups is 2. The first-order valence-electron chi connectivity index (χ1n) is 9.38. The number of rotatable bonds is 4. The normalized spacial score (nSPS) is 19.7. The molecule has 7 nitrogen and oxygen atoms in total. The molecule has 1 aliphatic heterocycles. The molecule has 1 saturated carbocycles. The van der Waals surface area contributed by atoms with Crippen LogP contribution in [-0.2, 0) is 9.53 Å². The Kier molecular flexibility index (Phi) is 5.10. The fourth-order valence-electron chi connectivity index (χ4n) is 3.57. The lowest BCUT2D eigenvalue weighted by Crippen LogP contribution is -2.47. The van der Waals surface area contributed by atoms with Crippen LogP contribution in [0.5, 0.6) is 0 Å². The van der Waals surface area contributed by atoms with Crippen molar-refractivity contribution in [3.8, 4) is 11.3 Å². The average Bonchev–Trinajstić information content (AvgIpc) is 3.49. The molecule has 2 aliphatic rings. The zero-order chi connectivity index (χ0) is 20.6. The monoisotopic (exact) mass is 412 g/mol. The maximum Gasteiger partial charge on any atom is 0.269 e. The van der Waals surface area contributed by atoms with Crippen LogP contribution in [0.25, 0.3) is 11.3 Å². The Bertz CT molecular complexity index is 990. The molecule has 4 rings (SSSR count). The third-order valence-electron chi connectivity index (χ3n) is 5.26. The van der Waals surface area contributed by atoms with Crippen LogP contribution in [0.2, 0.25) is 5.15 Å². The Labute approximate surface area is 173 Å². The number of hydrogen-bond donors (Lipinski definition) is 1. The highest BCUT2D eigenvalue weighted by Crippen LogP contribution is 2.47. The predicted molar refractivity (Wildman–Crippen MR) is 108 cm³/mol. The molecule has 2 aromatic rings. The van der Waals surface area contributed by atoms with Crippen molar-refractivity contribution >= 4 is 23.4 Å². The molecule has 0 aromatic carbocycles. The van der Waals surface area contributed by atoms with Crippen molar-refractivity contribution in [2.24, 2.45) is 0 Å². The summed E-state index contributed by atoms with van der Waals surface area (Å²) in [6.45, 7) is 4.60. The highest BCUT2D eigenvalue weighted by atomic mass is 35.5. The quantitative estimate of drug-likeness (QED) is 0.616. The minimum atomic E-state index is -0.311. The lowest BCUT2D eigenvalue weighted by molar-refractivity contribution is -0.145. The van der Waals surface area contributed by atoms with Crippen molar-refractivity contribution in [2.45, 2.75) is 24.5 Å². The molecule has 0 radical (unpaired) electrons. The summed E-state index contributed by atoms with van der Waals surface area (Å²) in [6.07, 6.45) is 4.44. The van der Waals surface area contributed by atoms with Gasteiger partial charge < -0.3 is 15.0 Å². The molecular weight excluding hydrogens is 392 g/mol. The molecule has 2 fully saturated rings. The third-order valence-corrected chi connectivity index (χ3v) is 5.45. The van der Waals surface area contributed by atoms with Crippen LogP contribution in [-0.4, -0.2) is 52.4 Å². The largest absolute Gasteiger partial charge is 0.363 e. The number of carbonyl (C=O) groups excluding carboxylic acids is 2. The molecule has 2 aromatic heterocycles. The minimum Gasteiger partial charge on any atom is -0.363 e. The van der Waals surface area contributed by atoms with E-state index in [1.54, 1.807) is 36.3 Å². The van der Waals surface area contributed by atoms with Crippen molar-refractivity contribution in [1.29, 1.82) is 0 Å². The van der Waals surface area contributed by atoms with E-state index in [1.165, 1.54) is 6.08 Å². The summed E-state index contributed by atoms with van der Waals surface area (Å²) in [7, 11) is 1.55. The second-order valence-corrected chi connectivity index (χ2v) is 7.72. The lowest BCUT2D eigenvalue weighted by Gasteiger charge is -2.38. The third kappa shape index (κ3) is 4.02. The van der Waals surface area contributed by atoms with E-state index in [-0.39, 0.29) is 23.5 Å². The zero-order valence-electron chi connectivity index (χ0n) is 16.0. The van der Waals surface area contributed by atoms with Crippen molar-refractivity contribution in [2.75, 3.05) is 20.1 Å². The van der Waals surface area contributed by atoms with Crippen LogP contribution in [0, 0.1) is 0 Å². The van der Waals surface area contributed by atoms with Crippen molar-refractivity contribution in [3.05, 3.63) is 59.5 Å². The summed E-state index contributed by atoms with van der Waals surface area (Å²) in [5.41, 5.74) is 2.19. The first kappa shape index (κ1) is 19.5. The summed E-state index contributed by atoms with van der Waals surface area (Å²) >= 11 is 6.30. The fraction of sp³-hybridized carbons (Fsp3) is 0.333. The molecule has 150 valence electrons. The van der Waals surface area contributed by atoms with Crippen LogP contribution in [0.4, 0.5) is 0 Å². The SMILES string of the molecule is C=CC(=O)N1C[C@@H](c2cc(Cl)nc(-c3ccnc(C(=O)NC)c3)c2)OC2(CC2)C1. The topological polar surface area (TPSA) is 84.4 Å². The number of pyridine rings is 2. The number of halogens is 1. The van der Waals surface area contributed by atoms with Gasteiger partial charge >= 0.3 is 0 Å². The molecule has 1 spiro atoms. The number of morpholine rings is 1. The van der Waals surface area contributed by atoms with Gasteiger partial charge in [-0.3, -0.25) is 14.6 Å². The van der Waals surface area contributed by atoms with Gasteiger partial charge in [0.15, 0.2) is 0 Å². The van der Waals surface area contributed by atoms with E-state index in [2.05, 4.69) is 21.9 Å². The highest BCUT2D eigenvalue weighted by Gasteiger charge is 2.51. The average molecular weight is 413 g/mol. The van der Waals surface area contributed by atoms with E-state index in [0.717, 1.165) is 24.0 Å². The van der Waals surface area contributed by atoms with Gasteiger partial charge in [-0.1, -0.05) is 18.2 Å². The maximum atomic E-state index is 12.2. The van der Waals surface area contributed by atoms with Gasteiger partial charge in [0.1, 0.15) is 17.0 Å². The van der Waals surface area contributed by atoms with E-state index < -0.39 is 0 Å². The number of nitrogens with zero attached hydrogens (tertiary/aromatic N) is 3. The van der Waals surface area contributed by atoms with E-state index >= 15 is 0 Å². The standard InChI is InChI=1S/C21H21ClN4O3/c1-3-19(27)26-11-17(29-21(12-26)5-6-21)14-9-15(25-18(22)10-14)13-4-7-24-16(8-13)20(28)23-2/h3-4,7-10,17H,1,5-6,11-12H2,2H3,(H,23,28)/t17-/m0/s1. The fourth-order valence-corrected chi connectivity index (χ4v) is 3.78. The highest BCUT2D eigenvalue weighted by molar-refractivity contribution is 6.29. The van der Waals surface area contributed by atoms with Gasteiger partial charge in [0.25, 0.3) is 5.91 Å². The van der Waals surface area contributed by atoms with Gasteiger partial charge in [-0.2, -0.15) is 0 Å². The Balaban J connectivity index is 1.67. The summed E-state index contributed by atoms with van der Waals surface area (Å²) in [6, 6.07) is 7.08. The maximum absolute atomic E-state index is 12.2. The lowest BCUT2D eigenvalue weighted by atomic mass is 10.0. The number of amides is 2. The Morgan fingerprint density at radius 1 is 1.38 bits per heavy atom. The van der Waals surface area contributed by atoms with Crippen LogP contribution in [0.3, 0.4) is 0 Å². The smallest absolute Gasteiger partial charge is 0.269 e. The summed E-state index contributed by atoms with van der Waals surface area (Å²) in [5.74, 6) is -0.381. The molecular formula is C21H21ClN4O3. The molecule has 1 N–H and O–H groups in total. The van der Waals surface area contributed by atoms with Gasteiger partial charge in [-0.15, -0.1) is 0 Å². The summed E-state index contributed by atoms with van der Waals surface area (Å²) in [4.78, 5) is 34.4. The molecule has 3 heterocycles. The number of ether oxygens (including phenoxy) is 1. The van der Waals surface area contributed by atoms with E-state index in [0.29, 0.717) is 29.6 Å². The minimum absolute atomic E-state index is 0.102. The van der Waals surface area contributed by atoms with Crippen LogP contribution < -0.4 is 5.32 Å². The van der Waals surface area contributed by atoms with Gasteiger partial charge in [0.05, 0.1) is 24.4 Å². The summed E-state index contributed by atoms with van der Waals surface area (Å²) in [5, 5.41) is 2.87. The van der Waals surface area contributed by atoms with E-state index in [4.69, 9.17) is 16.3 Å². The van der Waals surface area contributed by atoms with Gasteiger partial charge in [0, 0.05) is 18.8 Å². The van der Waals surface area contributed by atoms with Crippen LogP contribution in [0.1, 0.15) is 35.0 Å². The van der Waals surface area contributed by atoms with Crippen molar-refractivity contribution < 1.29 is 14.3 Å². The predicted octanol–water partition coefficient (Wildman–Crippen LogP) is 2.78. The summed E-state index contributed by atoms with van der Waals surface area (Å²) < 4.78 is 6.33. The number of aromatic nitrogens is 2. The Hall–Kier alpha value is -2.77. The first-order valence-corrected chi connectivity index (χ1v) is 9.76. The van der Waals surface area contributed by atoms with Crippen LogP contribution in [0.15, 0.2) is 43.1 Å². The molecule has 8 heteroatoms. The Morgan fingerprint density at radius 3 is 2.86 bits per heavy atom. The van der Waals surface area contributed by atoms with Crippen molar-refractivity contribution in [1.82, 2.24) is 20.2 Å². The second kappa shape index (κ2) is 7.57. The van der Waals surface area contributed by atoms with Crippen molar-refractivity contribution in [3.63, 3.8) is 0 Å². The molecule has 29 heavy (non-hydrogen) atoms. The Morgan fingerprint density at radius 2 is 2.17 bits per heavy atom. The number of nitrogens with one attached hydrogen (secondary N) is 1.